The van der Waals surface area contributed by atoms with Crippen LogP contribution in [0.25, 0.3) is 5.52 Å². The van der Waals surface area contributed by atoms with Crippen molar-refractivity contribution in [3.05, 3.63) is 58.8 Å². The van der Waals surface area contributed by atoms with Gasteiger partial charge in [-0.15, -0.1) is 0 Å². The zero-order valence-electron chi connectivity index (χ0n) is 24.3. The molecule has 0 bridgehead atoms. The van der Waals surface area contributed by atoms with Crippen molar-refractivity contribution in [1.29, 1.82) is 0 Å². The van der Waals surface area contributed by atoms with Crippen LogP contribution in [-0.2, 0) is 15.8 Å². The highest BCUT2D eigenvalue weighted by Crippen LogP contribution is 2.34. The number of fused-ring (bicyclic) bond motifs is 1. The number of methoxy groups -OCH3 is 1. The van der Waals surface area contributed by atoms with E-state index in [0.29, 0.717) is 24.1 Å². The van der Waals surface area contributed by atoms with Crippen LogP contribution < -0.4 is 14.9 Å². The van der Waals surface area contributed by atoms with Crippen LogP contribution in [0.3, 0.4) is 0 Å². The molecule has 5 rings (SSSR count). The number of pyridine rings is 1. The van der Waals surface area contributed by atoms with E-state index in [9.17, 15) is 31.5 Å². The number of hydrogen-bond donors (Lipinski definition) is 1. The van der Waals surface area contributed by atoms with E-state index in [4.69, 9.17) is 9.47 Å². The maximum absolute atomic E-state index is 14.8. The van der Waals surface area contributed by atoms with Gasteiger partial charge in [0.05, 0.1) is 36.1 Å². The highest BCUT2D eigenvalue weighted by Gasteiger charge is 2.41. The van der Waals surface area contributed by atoms with Crippen molar-refractivity contribution in [2.45, 2.75) is 46.2 Å². The van der Waals surface area contributed by atoms with Crippen LogP contribution in [0.15, 0.2) is 40.5 Å². The number of rotatable bonds is 9. The summed E-state index contributed by atoms with van der Waals surface area (Å²) in [6.07, 6.45) is -3.83. The van der Waals surface area contributed by atoms with E-state index < -0.39 is 34.8 Å². The summed E-state index contributed by atoms with van der Waals surface area (Å²) in [7, 11) is 1.32. The number of benzene rings is 1. The third-order valence-corrected chi connectivity index (χ3v) is 7.55. The molecular formula is C29H29F5N6O4. The van der Waals surface area contributed by atoms with Gasteiger partial charge in [-0.05, 0) is 44.9 Å². The van der Waals surface area contributed by atoms with Crippen molar-refractivity contribution >= 4 is 28.8 Å². The fourth-order valence-corrected chi connectivity index (χ4v) is 5.06. The molecule has 3 aromatic rings. The maximum atomic E-state index is 14.8. The molecule has 0 spiro atoms. The lowest BCUT2D eigenvalue weighted by molar-refractivity contribution is -0.141. The SMILES string of the molecule is COc1ccc(C2=NN(CCCCOc3cc(F)c(C4=NNC(=O)C4(C)C)cc3F)C(=O)CC2C)c2cc(C(F)(F)F)nn12. The molecule has 0 saturated carbocycles. The number of alkyl halides is 3. The minimum absolute atomic E-state index is 0.00629. The van der Waals surface area contributed by atoms with Crippen molar-refractivity contribution in [3.8, 4) is 11.6 Å². The fourth-order valence-electron chi connectivity index (χ4n) is 5.06. The first-order chi connectivity index (χ1) is 20.7. The van der Waals surface area contributed by atoms with Crippen LogP contribution >= 0.6 is 0 Å². The Morgan fingerprint density at radius 2 is 1.82 bits per heavy atom. The molecule has 4 heterocycles. The van der Waals surface area contributed by atoms with Crippen LogP contribution in [-0.4, -0.2) is 58.1 Å². The van der Waals surface area contributed by atoms with Crippen molar-refractivity contribution in [2.24, 2.45) is 21.5 Å². The summed E-state index contributed by atoms with van der Waals surface area (Å²) in [5.41, 5.74) is 0.925. The normalized spacial score (nSPS) is 18.4. The van der Waals surface area contributed by atoms with E-state index in [1.165, 1.54) is 18.2 Å². The lowest BCUT2D eigenvalue weighted by Crippen LogP contribution is -2.37. The lowest BCUT2D eigenvalue weighted by atomic mass is 9.83. The van der Waals surface area contributed by atoms with Gasteiger partial charge in [0.25, 0.3) is 5.91 Å². The van der Waals surface area contributed by atoms with Crippen LogP contribution in [0.1, 0.15) is 56.9 Å². The molecule has 1 atom stereocenters. The van der Waals surface area contributed by atoms with Crippen LogP contribution in [0.2, 0.25) is 0 Å². The van der Waals surface area contributed by atoms with Crippen LogP contribution in [0.5, 0.6) is 11.6 Å². The quantitative estimate of drug-likeness (QED) is 0.270. The fraction of sp³-hybridized carbons (Fsp3) is 0.414. The second kappa shape index (κ2) is 11.5. The molecule has 15 heteroatoms. The van der Waals surface area contributed by atoms with Gasteiger partial charge < -0.3 is 9.47 Å². The molecule has 1 unspecified atom stereocenters. The standard InChI is InChI=1S/C29H29F5N6O4/c1-15-11-23(41)39(38-25(15)16-7-8-24(43-4)40-20(16)14-22(37-40)29(32,33)34)9-5-6-10-44-21-13-18(30)17(12-19(21)31)26-28(2,3)27(42)36-35-26/h7-8,12-15H,5-6,9-11H2,1-4H3,(H,36,42). The molecule has 10 nitrogen and oxygen atoms in total. The zero-order valence-corrected chi connectivity index (χ0v) is 24.3. The van der Waals surface area contributed by atoms with E-state index >= 15 is 0 Å². The molecule has 44 heavy (non-hydrogen) atoms. The predicted octanol–water partition coefficient (Wildman–Crippen LogP) is 4.93. The first-order valence-corrected chi connectivity index (χ1v) is 13.8. The number of aromatic nitrogens is 2. The van der Waals surface area contributed by atoms with Gasteiger partial charge in [-0.2, -0.15) is 33.0 Å². The molecule has 0 radical (unpaired) electrons. The molecule has 2 aromatic heterocycles. The molecule has 0 fully saturated rings. The smallest absolute Gasteiger partial charge is 0.435 e. The van der Waals surface area contributed by atoms with Crippen LogP contribution in [0.4, 0.5) is 22.0 Å². The summed E-state index contributed by atoms with van der Waals surface area (Å²) in [6.45, 7) is 5.04. The first-order valence-electron chi connectivity index (χ1n) is 13.8. The minimum atomic E-state index is -4.67. The van der Waals surface area contributed by atoms with Crippen molar-refractivity contribution in [1.82, 2.24) is 20.0 Å². The molecule has 2 aliphatic rings. The molecular weight excluding hydrogens is 591 g/mol. The van der Waals surface area contributed by atoms with Crippen molar-refractivity contribution < 1.29 is 41.0 Å². The molecule has 1 aromatic carbocycles. The highest BCUT2D eigenvalue weighted by atomic mass is 19.4. The van der Waals surface area contributed by atoms with Gasteiger partial charge in [0.1, 0.15) is 5.82 Å². The Labute approximate surface area is 248 Å². The van der Waals surface area contributed by atoms with Gasteiger partial charge in [0.2, 0.25) is 11.8 Å². The third-order valence-electron chi connectivity index (χ3n) is 7.55. The Bertz CT molecular complexity index is 1700. The summed E-state index contributed by atoms with van der Waals surface area (Å²) in [6, 6.07) is 5.81. The number of nitrogens with one attached hydrogen (secondary N) is 1. The van der Waals surface area contributed by atoms with Gasteiger partial charge in [0, 0.05) is 42.1 Å². The second-order valence-corrected chi connectivity index (χ2v) is 11.1. The van der Waals surface area contributed by atoms with E-state index in [2.05, 4.69) is 20.7 Å². The van der Waals surface area contributed by atoms with E-state index in [1.54, 1.807) is 26.8 Å². The Kier molecular flexibility index (Phi) is 8.07. The van der Waals surface area contributed by atoms with Crippen LogP contribution in [0, 0.1) is 23.0 Å². The Hall–Kier alpha value is -4.56. The summed E-state index contributed by atoms with van der Waals surface area (Å²) in [5.74, 6) is -2.90. The van der Waals surface area contributed by atoms with Gasteiger partial charge in [-0.1, -0.05) is 6.92 Å². The summed E-state index contributed by atoms with van der Waals surface area (Å²) in [5, 5.41) is 13.2. The second-order valence-electron chi connectivity index (χ2n) is 11.1. The third kappa shape index (κ3) is 5.69. The van der Waals surface area contributed by atoms with E-state index in [-0.39, 0.29) is 59.8 Å². The lowest BCUT2D eigenvalue weighted by Gasteiger charge is -2.28. The van der Waals surface area contributed by atoms with Gasteiger partial charge >= 0.3 is 6.18 Å². The number of carbonyl (C=O) groups is 2. The number of carbonyl (C=O) groups excluding carboxylic acids is 2. The number of ether oxygens (including phenoxy) is 2. The maximum Gasteiger partial charge on any atom is 0.435 e. The molecule has 2 aliphatic heterocycles. The minimum Gasteiger partial charge on any atom is -0.490 e. The summed E-state index contributed by atoms with van der Waals surface area (Å²) in [4.78, 5) is 24.7. The Morgan fingerprint density at radius 1 is 1.07 bits per heavy atom. The number of hydrazone groups is 2. The molecule has 234 valence electrons. The van der Waals surface area contributed by atoms with Crippen molar-refractivity contribution in [2.75, 3.05) is 20.3 Å². The van der Waals surface area contributed by atoms with Gasteiger partial charge in [-0.3, -0.25) is 9.59 Å². The molecule has 1 N–H and O–H groups in total. The summed E-state index contributed by atoms with van der Waals surface area (Å²) >= 11 is 0. The largest absolute Gasteiger partial charge is 0.490 e. The van der Waals surface area contributed by atoms with E-state index in [0.717, 1.165) is 22.7 Å². The Morgan fingerprint density at radius 3 is 2.48 bits per heavy atom. The first kappa shape index (κ1) is 30.9. The zero-order chi connectivity index (χ0) is 32.0. The highest BCUT2D eigenvalue weighted by molar-refractivity contribution is 6.19. The van der Waals surface area contributed by atoms with Gasteiger partial charge in [0.15, 0.2) is 17.3 Å². The van der Waals surface area contributed by atoms with E-state index in [1.807, 2.05) is 0 Å². The topological polar surface area (TPSA) is 110 Å². The number of halogens is 5. The molecule has 0 aliphatic carbocycles. The predicted molar refractivity (Wildman–Crippen MR) is 148 cm³/mol. The number of unbranched alkanes of at least 4 members (excludes halogenated alkanes) is 1. The molecule has 2 amide bonds. The molecule has 0 saturated heterocycles. The summed E-state index contributed by atoms with van der Waals surface area (Å²) < 4.78 is 81.5. The Balaban J connectivity index is 1.26. The van der Waals surface area contributed by atoms with Crippen molar-refractivity contribution in [3.63, 3.8) is 0 Å². The van der Waals surface area contributed by atoms with Gasteiger partial charge in [-0.25, -0.2) is 19.2 Å². The number of amides is 2. The monoisotopic (exact) mass is 620 g/mol. The number of nitrogens with zero attached hydrogens (tertiary/aromatic N) is 5. The number of hydrogen-bond acceptors (Lipinski definition) is 7. The average Bonchev–Trinajstić information content (AvgIpc) is 3.52. The average molecular weight is 621 g/mol.